The van der Waals surface area contributed by atoms with Crippen LogP contribution in [0.2, 0.25) is 0 Å². The number of urea groups is 1. The van der Waals surface area contributed by atoms with Gasteiger partial charge in [0.05, 0.1) is 12.1 Å². The smallest absolute Gasteiger partial charge is 0.312 e. The molecule has 0 saturated heterocycles. The summed E-state index contributed by atoms with van der Waals surface area (Å²) >= 11 is 0. The van der Waals surface area contributed by atoms with Crippen LogP contribution in [0.15, 0.2) is 0 Å². The van der Waals surface area contributed by atoms with E-state index in [9.17, 15) is 14.4 Å². The number of nitrogens with one attached hydrogen (secondary N) is 2. The lowest BCUT2D eigenvalue weighted by Gasteiger charge is -2.20. The number of carbonyl (C=O) groups is 3. The van der Waals surface area contributed by atoms with Gasteiger partial charge in [0.1, 0.15) is 0 Å². The molecule has 0 aromatic rings. The van der Waals surface area contributed by atoms with E-state index in [-0.39, 0.29) is 17.6 Å². The second-order valence-corrected chi connectivity index (χ2v) is 4.87. The molecule has 2 atom stereocenters. The van der Waals surface area contributed by atoms with Gasteiger partial charge in [0.25, 0.3) is 0 Å². The van der Waals surface area contributed by atoms with Crippen LogP contribution in [-0.4, -0.2) is 36.3 Å². The first-order valence-electron chi connectivity index (χ1n) is 8.35. The van der Waals surface area contributed by atoms with Crippen LogP contribution in [0, 0.1) is 5.92 Å². The Morgan fingerprint density at radius 3 is 1.87 bits per heavy atom. The highest BCUT2D eigenvalue weighted by Crippen LogP contribution is 2.02. The van der Waals surface area contributed by atoms with Gasteiger partial charge in [0.2, 0.25) is 5.91 Å². The van der Waals surface area contributed by atoms with E-state index in [1.165, 1.54) is 6.92 Å². The molecule has 0 saturated carbocycles. The largest absolute Gasteiger partial charge is 0.352 e. The molecular weight excluding hydrogens is 296 g/mol. The monoisotopic (exact) mass is 332 g/mol. The van der Waals surface area contributed by atoms with Gasteiger partial charge in [0.15, 0.2) is 5.78 Å². The van der Waals surface area contributed by atoms with Gasteiger partial charge in [-0.15, -0.1) is 0 Å². The highest BCUT2D eigenvalue weighted by molar-refractivity contribution is 5.89. The summed E-state index contributed by atoms with van der Waals surface area (Å²) in [5.74, 6) is -0.467. The van der Waals surface area contributed by atoms with Crippen LogP contribution in [0.1, 0.15) is 61.3 Å². The van der Waals surface area contributed by atoms with Crippen molar-refractivity contribution in [3.05, 3.63) is 0 Å². The lowest BCUT2D eigenvalue weighted by Crippen LogP contribution is -2.50. The molecule has 0 rings (SSSR count). The molecule has 0 bridgehead atoms. The molecule has 0 aliphatic rings. The number of Topliss-reactive ketones (excluding diaryl/α,β-unsaturated/α-hetero) is 1. The van der Waals surface area contributed by atoms with E-state index in [1.54, 1.807) is 0 Å². The van der Waals surface area contributed by atoms with E-state index in [1.807, 2.05) is 41.5 Å². The van der Waals surface area contributed by atoms with Crippen molar-refractivity contribution in [1.82, 2.24) is 10.6 Å². The molecule has 0 heterocycles. The summed E-state index contributed by atoms with van der Waals surface area (Å²) in [6.45, 7) is 13.5. The minimum Gasteiger partial charge on any atom is -0.352 e. The highest BCUT2D eigenvalue weighted by atomic mass is 16.2. The van der Waals surface area contributed by atoms with Gasteiger partial charge in [-0.25, -0.2) is 4.79 Å². The summed E-state index contributed by atoms with van der Waals surface area (Å²) in [7, 11) is 0. The fourth-order valence-corrected chi connectivity index (χ4v) is 1.47. The number of primary amides is 1. The Bertz CT molecular complexity index is 333. The molecule has 0 aromatic carbocycles. The summed E-state index contributed by atoms with van der Waals surface area (Å²) in [6, 6.07) is -1.82. The SMILES string of the molecule is CC.CC.CC(=O)C(CCCNC(N)=O)NC(=O)C(N)C(C)C. The van der Waals surface area contributed by atoms with Gasteiger partial charge < -0.3 is 22.1 Å². The van der Waals surface area contributed by atoms with Crippen molar-refractivity contribution >= 4 is 17.7 Å². The molecule has 0 fully saturated rings. The Balaban J connectivity index is -0.000000919. The first-order valence-corrected chi connectivity index (χ1v) is 8.35. The highest BCUT2D eigenvalue weighted by Gasteiger charge is 2.22. The fourth-order valence-electron chi connectivity index (χ4n) is 1.47. The summed E-state index contributed by atoms with van der Waals surface area (Å²) in [5, 5.41) is 5.05. The predicted molar refractivity (Wildman–Crippen MR) is 94.9 cm³/mol. The van der Waals surface area contributed by atoms with Gasteiger partial charge in [0, 0.05) is 6.54 Å². The number of hydrogen-bond acceptors (Lipinski definition) is 4. The van der Waals surface area contributed by atoms with Gasteiger partial charge in [-0.1, -0.05) is 41.5 Å². The Kier molecular flexibility index (Phi) is 19.1. The van der Waals surface area contributed by atoms with Crippen LogP contribution in [0.4, 0.5) is 4.79 Å². The van der Waals surface area contributed by atoms with Crippen LogP contribution < -0.4 is 22.1 Å². The van der Waals surface area contributed by atoms with Gasteiger partial charge in [-0.2, -0.15) is 0 Å². The zero-order chi connectivity index (χ0) is 19.0. The number of nitrogens with two attached hydrogens (primary N) is 2. The minimum absolute atomic E-state index is 0.00383. The van der Waals surface area contributed by atoms with Crippen molar-refractivity contribution in [3.8, 4) is 0 Å². The molecule has 6 N–H and O–H groups in total. The predicted octanol–water partition coefficient (Wildman–Crippen LogP) is 1.54. The van der Waals surface area contributed by atoms with Crippen molar-refractivity contribution in [2.75, 3.05) is 6.54 Å². The number of ketones is 1. The maximum atomic E-state index is 11.8. The van der Waals surface area contributed by atoms with Crippen LogP contribution in [0.5, 0.6) is 0 Å². The van der Waals surface area contributed by atoms with Crippen LogP contribution in [0.25, 0.3) is 0 Å². The molecular formula is C16H36N4O3. The molecule has 0 aliphatic carbocycles. The summed E-state index contributed by atoms with van der Waals surface area (Å²) in [6.07, 6.45) is 0.983. The molecule has 0 spiro atoms. The Morgan fingerprint density at radius 1 is 1.04 bits per heavy atom. The summed E-state index contributed by atoms with van der Waals surface area (Å²) in [4.78, 5) is 33.7. The molecule has 0 aliphatic heterocycles. The van der Waals surface area contributed by atoms with Gasteiger partial charge in [-0.3, -0.25) is 9.59 Å². The molecule has 0 aromatic heterocycles. The van der Waals surface area contributed by atoms with Crippen molar-refractivity contribution in [1.29, 1.82) is 0 Å². The fraction of sp³-hybridized carbons (Fsp3) is 0.812. The Hall–Kier alpha value is -1.63. The lowest BCUT2D eigenvalue weighted by atomic mass is 10.0. The lowest BCUT2D eigenvalue weighted by molar-refractivity contribution is -0.128. The number of rotatable bonds is 8. The molecule has 3 amide bonds. The quantitative estimate of drug-likeness (QED) is 0.503. The normalized spacial score (nSPS) is 11.9. The van der Waals surface area contributed by atoms with E-state index in [4.69, 9.17) is 11.5 Å². The van der Waals surface area contributed by atoms with E-state index in [2.05, 4.69) is 10.6 Å². The average Bonchev–Trinajstić information content (AvgIpc) is 2.52. The second kappa shape index (κ2) is 16.7. The average molecular weight is 332 g/mol. The van der Waals surface area contributed by atoms with Crippen molar-refractivity contribution in [2.24, 2.45) is 17.4 Å². The van der Waals surface area contributed by atoms with Crippen LogP contribution in [-0.2, 0) is 9.59 Å². The Labute approximate surface area is 140 Å². The Morgan fingerprint density at radius 2 is 1.52 bits per heavy atom. The van der Waals surface area contributed by atoms with E-state index >= 15 is 0 Å². The molecule has 2 unspecified atom stereocenters. The maximum Gasteiger partial charge on any atom is 0.312 e. The van der Waals surface area contributed by atoms with Crippen molar-refractivity contribution in [2.45, 2.75) is 73.4 Å². The maximum absolute atomic E-state index is 11.8. The topological polar surface area (TPSA) is 127 Å². The third kappa shape index (κ3) is 15.1. The van der Waals surface area contributed by atoms with Crippen molar-refractivity contribution in [3.63, 3.8) is 0 Å². The van der Waals surface area contributed by atoms with E-state index < -0.39 is 18.1 Å². The third-order valence-corrected chi connectivity index (χ3v) is 2.80. The molecule has 23 heavy (non-hydrogen) atoms. The first-order chi connectivity index (χ1) is 10.8. The molecule has 0 radical (unpaired) electrons. The summed E-state index contributed by atoms with van der Waals surface area (Å²) in [5.41, 5.74) is 10.6. The standard InChI is InChI=1S/C12H24N4O3.2C2H6/c1-7(2)10(13)11(18)16-9(8(3)17)5-4-6-15-12(14)19;2*1-2/h7,9-10H,4-6,13H2,1-3H3,(H,16,18)(H3,14,15,19);2*1-2H3. The molecule has 7 heteroatoms. The van der Waals surface area contributed by atoms with Crippen LogP contribution >= 0.6 is 0 Å². The zero-order valence-corrected chi connectivity index (χ0v) is 15.7. The number of hydrogen-bond donors (Lipinski definition) is 4. The van der Waals surface area contributed by atoms with Gasteiger partial charge >= 0.3 is 6.03 Å². The summed E-state index contributed by atoms with van der Waals surface area (Å²) < 4.78 is 0. The number of carbonyl (C=O) groups excluding carboxylic acids is 3. The third-order valence-electron chi connectivity index (χ3n) is 2.80. The van der Waals surface area contributed by atoms with Gasteiger partial charge in [-0.05, 0) is 25.7 Å². The van der Waals surface area contributed by atoms with Crippen LogP contribution in [0.3, 0.4) is 0 Å². The first kappa shape index (κ1) is 26.3. The molecule has 7 nitrogen and oxygen atoms in total. The minimum atomic E-state index is -0.634. The number of amides is 3. The second-order valence-electron chi connectivity index (χ2n) is 4.87. The zero-order valence-electron chi connectivity index (χ0n) is 15.7. The van der Waals surface area contributed by atoms with E-state index in [0.717, 1.165) is 0 Å². The molecule has 138 valence electrons. The van der Waals surface area contributed by atoms with E-state index in [0.29, 0.717) is 19.4 Å². The van der Waals surface area contributed by atoms with Crippen molar-refractivity contribution < 1.29 is 14.4 Å².